The SMILES string of the molecule is CC(C)N(C(C)C)S(=O)(=O)c1ccc(N2CCC[C@H](C(N)=O)C2)nc1. The lowest BCUT2D eigenvalue weighted by Gasteiger charge is -2.32. The average molecular weight is 369 g/mol. The minimum atomic E-state index is -3.59. The zero-order chi connectivity index (χ0) is 18.8. The van der Waals surface area contributed by atoms with Crippen molar-refractivity contribution in [3.63, 3.8) is 0 Å². The zero-order valence-corrected chi connectivity index (χ0v) is 16.2. The van der Waals surface area contributed by atoms with Crippen LogP contribution in [0.5, 0.6) is 0 Å². The Bertz CT molecular complexity index is 693. The van der Waals surface area contributed by atoms with Crippen LogP contribution in [0.4, 0.5) is 5.82 Å². The van der Waals surface area contributed by atoms with Crippen molar-refractivity contribution in [2.75, 3.05) is 18.0 Å². The van der Waals surface area contributed by atoms with Crippen molar-refractivity contribution >= 4 is 21.7 Å². The van der Waals surface area contributed by atoms with E-state index < -0.39 is 10.0 Å². The third-order valence-corrected chi connectivity index (χ3v) is 6.70. The molecule has 0 aliphatic carbocycles. The molecule has 1 saturated heterocycles. The Labute approximate surface area is 150 Å². The summed E-state index contributed by atoms with van der Waals surface area (Å²) in [6, 6.07) is 3.02. The lowest BCUT2D eigenvalue weighted by Crippen LogP contribution is -2.42. The number of anilines is 1. The highest BCUT2D eigenvalue weighted by atomic mass is 32.2. The van der Waals surface area contributed by atoms with Crippen molar-refractivity contribution in [1.29, 1.82) is 0 Å². The Hall–Kier alpha value is -1.67. The molecule has 25 heavy (non-hydrogen) atoms. The van der Waals surface area contributed by atoms with Crippen molar-refractivity contribution in [3.8, 4) is 0 Å². The number of carbonyl (C=O) groups excluding carboxylic acids is 1. The number of primary amides is 1. The Morgan fingerprint density at radius 3 is 2.40 bits per heavy atom. The third kappa shape index (κ3) is 4.30. The van der Waals surface area contributed by atoms with E-state index in [0.29, 0.717) is 12.4 Å². The molecule has 2 N–H and O–H groups in total. The van der Waals surface area contributed by atoms with E-state index in [0.717, 1.165) is 19.4 Å². The van der Waals surface area contributed by atoms with Crippen molar-refractivity contribution in [3.05, 3.63) is 18.3 Å². The largest absolute Gasteiger partial charge is 0.369 e. The molecule has 1 aromatic heterocycles. The first-order chi connectivity index (χ1) is 11.6. The van der Waals surface area contributed by atoms with Crippen LogP contribution in [0.3, 0.4) is 0 Å². The molecule has 1 aliphatic heterocycles. The number of nitrogens with two attached hydrogens (primary N) is 1. The summed E-state index contributed by atoms with van der Waals surface area (Å²) in [4.78, 5) is 17.9. The van der Waals surface area contributed by atoms with Crippen molar-refractivity contribution in [2.24, 2.45) is 11.7 Å². The molecule has 0 saturated carbocycles. The number of rotatable bonds is 6. The van der Waals surface area contributed by atoms with E-state index in [1.807, 2.05) is 32.6 Å². The summed E-state index contributed by atoms with van der Waals surface area (Å²) in [7, 11) is -3.59. The van der Waals surface area contributed by atoms with Crippen LogP contribution in [0.25, 0.3) is 0 Å². The number of carbonyl (C=O) groups is 1. The summed E-state index contributed by atoms with van der Waals surface area (Å²) in [5.74, 6) is 0.190. The summed E-state index contributed by atoms with van der Waals surface area (Å²) < 4.78 is 27.2. The molecule has 0 aromatic carbocycles. The lowest BCUT2D eigenvalue weighted by atomic mass is 9.97. The van der Waals surface area contributed by atoms with Crippen molar-refractivity contribution < 1.29 is 13.2 Å². The highest BCUT2D eigenvalue weighted by Crippen LogP contribution is 2.25. The Kier molecular flexibility index (Phi) is 6.05. The molecule has 0 radical (unpaired) electrons. The highest BCUT2D eigenvalue weighted by molar-refractivity contribution is 7.89. The molecular formula is C17H28N4O3S. The van der Waals surface area contributed by atoms with Gasteiger partial charge in [-0.2, -0.15) is 4.31 Å². The third-order valence-electron chi connectivity index (χ3n) is 4.46. The van der Waals surface area contributed by atoms with Gasteiger partial charge in [-0.05, 0) is 52.7 Å². The van der Waals surface area contributed by atoms with Gasteiger partial charge in [0.25, 0.3) is 0 Å². The standard InChI is InChI=1S/C17H28N4O3S/c1-12(2)21(13(3)4)25(23,24)15-7-8-16(19-10-15)20-9-5-6-14(11-20)17(18)22/h7-8,10,12-14H,5-6,9,11H2,1-4H3,(H2,18,22)/t14-/m0/s1. The first-order valence-electron chi connectivity index (χ1n) is 8.68. The fourth-order valence-corrected chi connectivity index (χ4v) is 5.18. The van der Waals surface area contributed by atoms with Crippen LogP contribution in [-0.2, 0) is 14.8 Å². The van der Waals surface area contributed by atoms with Crippen LogP contribution >= 0.6 is 0 Å². The molecule has 1 aromatic rings. The number of hydrogen-bond acceptors (Lipinski definition) is 5. The van der Waals surface area contributed by atoms with Gasteiger partial charge in [-0.15, -0.1) is 0 Å². The molecule has 7 nitrogen and oxygen atoms in total. The molecule has 1 aliphatic rings. The zero-order valence-electron chi connectivity index (χ0n) is 15.3. The number of sulfonamides is 1. The van der Waals surface area contributed by atoms with Gasteiger partial charge in [0.15, 0.2) is 0 Å². The topological polar surface area (TPSA) is 96.6 Å². The van der Waals surface area contributed by atoms with Gasteiger partial charge in [0.1, 0.15) is 10.7 Å². The maximum Gasteiger partial charge on any atom is 0.245 e. The van der Waals surface area contributed by atoms with Crippen molar-refractivity contribution in [2.45, 2.75) is 57.5 Å². The number of piperidine rings is 1. The molecule has 0 spiro atoms. The van der Waals surface area contributed by atoms with Gasteiger partial charge in [0, 0.05) is 31.4 Å². The van der Waals surface area contributed by atoms with E-state index in [1.165, 1.54) is 10.5 Å². The predicted molar refractivity (Wildman–Crippen MR) is 97.7 cm³/mol. The second-order valence-electron chi connectivity index (χ2n) is 7.06. The minimum absolute atomic E-state index is 0.136. The van der Waals surface area contributed by atoms with Gasteiger partial charge < -0.3 is 10.6 Å². The number of aromatic nitrogens is 1. The van der Waals surface area contributed by atoms with E-state index in [-0.39, 0.29) is 28.8 Å². The summed E-state index contributed by atoms with van der Waals surface area (Å²) >= 11 is 0. The smallest absolute Gasteiger partial charge is 0.245 e. The molecule has 8 heteroatoms. The molecule has 140 valence electrons. The number of hydrogen-bond donors (Lipinski definition) is 1. The second kappa shape index (κ2) is 7.70. The molecule has 0 bridgehead atoms. The summed E-state index contributed by atoms with van der Waals surface area (Å²) in [6.45, 7) is 8.74. The van der Waals surface area contributed by atoms with E-state index in [2.05, 4.69) is 4.98 Å². The molecule has 1 amide bonds. The van der Waals surface area contributed by atoms with Crippen LogP contribution < -0.4 is 10.6 Å². The molecule has 0 unspecified atom stereocenters. The Morgan fingerprint density at radius 1 is 1.28 bits per heavy atom. The molecule has 2 rings (SSSR count). The van der Waals surface area contributed by atoms with Crippen LogP contribution in [0.15, 0.2) is 23.2 Å². The molecule has 1 fully saturated rings. The van der Waals surface area contributed by atoms with Gasteiger partial charge in [-0.1, -0.05) is 0 Å². The van der Waals surface area contributed by atoms with Gasteiger partial charge in [0.05, 0.1) is 5.92 Å². The normalized spacial score (nSPS) is 19.0. The number of pyridine rings is 1. The second-order valence-corrected chi connectivity index (χ2v) is 8.91. The molecule has 2 heterocycles. The van der Waals surface area contributed by atoms with E-state index in [4.69, 9.17) is 5.73 Å². The van der Waals surface area contributed by atoms with Crippen LogP contribution in [0, 0.1) is 5.92 Å². The monoisotopic (exact) mass is 368 g/mol. The van der Waals surface area contributed by atoms with Crippen LogP contribution in [-0.4, -0.2) is 48.8 Å². The molecule has 1 atom stereocenters. The Balaban J connectivity index is 2.23. The first kappa shape index (κ1) is 19.7. The average Bonchev–Trinajstić information content (AvgIpc) is 2.54. The number of nitrogens with zero attached hydrogens (tertiary/aromatic N) is 3. The van der Waals surface area contributed by atoms with Crippen molar-refractivity contribution in [1.82, 2.24) is 9.29 Å². The number of amides is 1. The minimum Gasteiger partial charge on any atom is -0.369 e. The predicted octanol–water partition coefficient (Wildman–Crippen LogP) is 1.59. The summed E-state index contributed by atoms with van der Waals surface area (Å²) in [6.07, 6.45) is 3.05. The van der Waals surface area contributed by atoms with Gasteiger partial charge in [0.2, 0.25) is 15.9 Å². The van der Waals surface area contributed by atoms with E-state index in [1.54, 1.807) is 12.1 Å². The quantitative estimate of drug-likeness (QED) is 0.822. The van der Waals surface area contributed by atoms with E-state index >= 15 is 0 Å². The van der Waals surface area contributed by atoms with Crippen LogP contribution in [0.1, 0.15) is 40.5 Å². The fourth-order valence-electron chi connectivity index (χ4n) is 3.40. The fraction of sp³-hybridized carbons (Fsp3) is 0.647. The van der Waals surface area contributed by atoms with E-state index in [9.17, 15) is 13.2 Å². The summed E-state index contributed by atoms with van der Waals surface area (Å²) in [5.41, 5.74) is 5.41. The first-order valence-corrected chi connectivity index (χ1v) is 10.1. The van der Waals surface area contributed by atoms with Crippen LogP contribution in [0.2, 0.25) is 0 Å². The Morgan fingerprint density at radius 2 is 1.92 bits per heavy atom. The highest BCUT2D eigenvalue weighted by Gasteiger charge is 2.30. The van der Waals surface area contributed by atoms with Gasteiger partial charge >= 0.3 is 0 Å². The molecular weight excluding hydrogens is 340 g/mol. The maximum atomic E-state index is 12.9. The van der Waals surface area contributed by atoms with Gasteiger partial charge in [-0.25, -0.2) is 13.4 Å². The van der Waals surface area contributed by atoms with Gasteiger partial charge in [-0.3, -0.25) is 4.79 Å². The lowest BCUT2D eigenvalue weighted by molar-refractivity contribution is -0.122. The maximum absolute atomic E-state index is 12.9. The summed E-state index contributed by atoms with van der Waals surface area (Å²) in [5, 5.41) is 0.